The van der Waals surface area contributed by atoms with Crippen molar-refractivity contribution in [1.82, 2.24) is 9.55 Å². The van der Waals surface area contributed by atoms with E-state index in [1.807, 2.05) is 30.3 Å². The van der Waals surface area contributed by atoms with Crippen molar-refractivity contribution in [2.75, 3.05) is 13.2 Å². The molecule has 2 aromatic rings. The number of carbonyl (C=O) groups excluding carboxylic acids is 1. The summed E-state index contributed by atoms with van der Waals surface area (Å²) >= 11 is 0. The maximum atomic E-state index is 11.9. The van der Waals surface area contributed by atoms with Crippen LogP contribution < -0.4 is 0 Å². The zero-order valence-corrected chi connectivity index (χ0v) is 12.6. The molecule has 0 atom stereocenters. The number of imidazole rings is 1. The molecule has 1 aromatic heterocycles. The lowest BCUT2D eigenvalue weighted by molar-refractivity contribution is -0.144. The van der Waals surface area contributed by atoms with Gasteiger partial charge in [0.05, 0.1) is 6.61 Å². The van der Waals surface area contributed by atoms with Gasteiger partial charge in [-0.25, -0.2) is 4.98 Å². The van der Waals surface area contributed by atoms with Gasteiger partial charge in [-0.15, -0.1) is 0 Å². The molecule has 0 saturated carbocycles. The Labute approximate surface area is 130 Å². The van der Waals surface area contributed by atoms with Crippen molar-refractivity contribution in [3.05, 3.63) is 42.7 Å². The van der Waals surface area contributed by atoms with Crippen LogP contribution in [0.15, 0.2) is 42.7 Å². The summed E-state index contributed by atoms with van der Waals surface area (Å²) in [6, 6.07) is 9.76. The zero-order valence-electron chi connectivity index (χ0n) is 12.6. The van der Waals surface area contributed by atoms with E-state index in [0.29, 0.717) is 6.61 Å². The van der Waals surface area contributed by atoms with Gasteiger partial charge in [0.25, 0.3) is 0 Å². The van der Waals surface area contributed by atoms with E-state index in [1.54, 1.807) is 17.0 Å². The number of hydrogen-bond donors (Lipinski definition) is 1. The van der Waals surface area contributed by atoms with Crippen molar-refractivity contribution in [1.29, 1.82) is 0 Å². The molecule has 0 saturated heterocycles. The SMILES string of the molecule is O=C(Cn1ccnc1-c1ccccc1)OCCCCCCO. The van der Waals surface area contributed by atoms with Crippen LogP contribution in [0.3, 0.4) is 0 Å². The minimum atomic E-state index is -0.252. The van der Waals surface area contributed by atoms with Gasteiger partial charge >= 0.3 is 5.97 Å². The van der Waals surface area contributed by atoms with Gasteiger partial charge in [-0.05, 0) is 19.3 Å². The summed E-state index contributed by atoms with van der Waals surface area (Å²) in [6.07, 6.45) is 7.04. The van der Waals surface area contributed by atoms with Gasteiger partial charge in [0, 0.05) is 24.6 Å². The van der Waals surface area contributed by atoms with E-state index in [9.17, 15) is 4.79 Å². The number of aromatic nitrogens is 2. The van der Waals surface area contributed by atoms with Crippen molar-refractivity contribution < 1.29 is 14.6 Å². The largest absolute Gasteiger partial charge is 0.464 e. The van der Waals surface area contributed by atoms with Gasteiger partial charge in [-0.2, -0.15) is 0 Å². The number of aliphatic hydroxyl groups excluding tert-OH is 1. The number of esters is 1. The number of nitrogens with zero attached hydrogens (tertiary/aromatic N) is 2. The Hall–Kier alpha value is -2.14. The molecule has 22 heavy (non-hydrogen) atoms. The summed E-state index contributed by atoms with van der Waals surface area (Å²) in [6.45, 7) is 0.823. The van der Waals surface area contributed by atoms with Crippen LogP contribution in [0.5, 0.6) is 0 Å². The van der Waals surface area contributed by atoms with Gasteiger partial charge < -0.3 is 14.4 Å². The fraction of sp³-hybridized carbons (Fsp3) is 0.412. The average Bonchev–Trinajstić information content (AvgIpc) is 2.99. The first kappa shape index (κ1) is 16.2. The Bertz CT molecular complexity index is 566. The first-order valence-electron chi connectivity index (χ1n) is 7.64. The number of unbranched alkanes of at least 4 members (excludes halogenated alkanes) is 3. The minimum absolute atomic E-state index is 0.168. The first-order valence-corrected chi connectivity index (χ1v) is 7.64. The van der Waals surface area contributed by atoms with Crippen LogP contribution in [0.4, 0.5) is 0 Å². The van der Waals surface area contributed by atoms with Crippen LogP contribution in [-0.2, 0) is 16.1 Å². The van der Waals surface area contributed by atoms with Crippen molar-refractivity contribution in [2.24, 2.45) is 0 Å². The van der Waals surface area contributed by atoms with Gasteiger partial charge in [0.2, 0.25) is 0 Å². The molecule has 0 radical (unpaired) electrons. The number of benzene rings is 1. The predicted molar refractivity (Wildman–Crippen MR) is 84.2 cm³/mol. The molecule has 118 valence electrons. The van der Waals surface area contributed by atoms with E-state index in [1.165, 1.54) is 0 Å². The molecule has 0 spiro atoms. The van der Waals surface area contributed by atoms with Crippen LogP contribution >= 0.6 is 0 Å². The summed E-state index contributed by atoms with van der Waals surface area (Å²) in [5, 5.41) is 8.68. The summed E-state index contributed by atoms with van der Waals surface area (Å²) in [5.74, 6) is 0.512. The molecule has 2 rings (SSSR count). The normalized spacial score (nSPS) is 10.6. The van der Waals surface area contributed by atoms with Crippen molar-refractivity contribution in [3.8, 4) is 11.4 Å². The van der Waals surface area contributed by atoms with Crippen molar-refractivity contribution in [3.63, 3.8) is 0 Å². The van der Waals surface area contributed by atoms with Crippen LogP contribution in [0.2, 0.25) is 0 Å². The second-order valence-corrected chi connectivity index (χ2v) is 5.10. The molecule has 0 unspecified atom stereocenters. The van der Waals surface area contributed by atoms with E-state index in [0.717, 1.165) is 37.1 Å². The second kappa shape index (κ2) is 9.00. The standard InChI is InChI=1S/C17H22N2O3/c20-12-6-1-2-7-13-22-16(21)14-19-11-10-18-17(19)15-8-4-3-5-9-15/h3-5,8-11,20H,1-2,6-7,12-14H2. The molecule has 1 N–H and O–H groups in total. The fourth-order valence-corrected chi connectivity index (χ4v) is 2.22. The third kappa shape index (κ3) is 5.00. The van der Waals surface area contributed by atoms with Crippen molar-refractivity contribution >= 4 is 5.97 Å². The van der Waals surface area contributed by atoms with E-state index < -0.39 is 0 Å². The Morgan fingerprint density at radius 1 is 1.14 bits per heavy atom. The number of rotatable bonds is 9. The van der Waals surface area contributed by atoms with Crippen LogP contribution in [0.25, 0.3) is 11.4 Å². The summed E-state index contributed by atoms with van der Waals surface area (Å²) in [7, 11) is 0. The molecular formula is C17H22N2O3. The van der Waals surface area contributed by atoms with Crippen LogP contribution in [-0.4, -0.2) is 33.8 Å². The molecular weight excluding hydrogens is 280 g/mol. The second-order valence-electron chi connectivity index (χ2n) is 5.10. The Balaban J connectivity index is 1.79. The van der Waals surface area contributed by atoms with E-state index >= 15 is 0 Å². The smallest absolute Gasteiger partial charge is 0.326 e. The molecule has 5 heteroatoms. The molecule has 1 heterocycles. The van der Waals surface area contributed by atoms with Crippen molar-refractivity contribution in [2.45, 2.75) is 32.2 Å². The summed E-state index contributed by atoms with van der Waals surface area (Å²) < 4.78 is 7.03. The summed E-state index contributed by atoms with van der Waals surface area (Å²) in [4.78, 5) is 16.2. The number of carbonyl (C=O) groups is 1. The van der Waals surface area contributed by atoms with Crippen LogP contribution in [0, 0.1) is 0 Å². The number of aliphatic hydroxyl groups is 1. The lowest BCUT2D eigenvalue weighted by Crippen LogP contribution is -2.14. The van der Waals surface area contributed by atoms with Gasteiger partial charge in [-0.1, -0.05) is 36.8 Å². The molecule has 0 aliphatic heterocycles. The minimum Gasteiger partial charge on any atom is -0.464 e. The molecule has 5 nitrogen and oxygen atoms in total. The molecule has 0 aliphatic rings. The fourth-order valence-electron chi connectivity index (χ4n) is 2.22. The molecule has 0 fully saturated rings. The summed E-state index contributed by atoms with van der Waals surface area (Å²) in [5.41, 5.74) is 0.976. The van der Waals surface area contributed by atoms with Crippen LogP contribution in [0.1, 0.15) is 25.7 Å². The number of ether oxygens (including phenoxy) is 1. The Kier molecular flexibility index (Phi) is 6.64. The third-order valence-corrected chi connectivity index (χ3v) is 3.36. The highest BCUT2D eigenvalue weighted by molar-refractivity contribution is 5.70. The predicted octanol–water partition coefficient (Wildman–Crippen LogP) is 2.65. The Morgan fingerprint density at radius 3 is 2.68 bits per heavy atom. The lowest BCUT2D eigenvalue weighted by atomic mass is 10.2. The lowest BCUT2D eigenvalue weighted by Gasteiger charge is -2.08. The molecule has 0 aliphatic carbocycles. The van der Waals surface area contributed by atoms with E-state index in [-0.39, 0.29) is 19.1 Å². The topological polar surface area (TPSA) is 64.4 Å². The zero-order chi connectivity index (χ0) is 15.6. The highest BCUT2D eigenvalue weighted by atomic mass is 16.5. The maximum absolute atomic E-state index is 11.9. The maximum Gasteiger partial charge on any atom is 0.326 e. The van der Waals surface area contributed by atoms with E-state index in [2.05, 4.69) is 4.98 Å². The molecule has 1 aromatic carbocycles. The molecule has 0 bridgehead atoms. The molecule has 0 amide bonds. The average molecular weight is 302 g/mol. The first-order chi connectivity index (χ1) is 10.8. The monoisotopic (exact) mass is 302 g/mol. The quantitative estimate of drug-likeness (QED) is 0.571. The van der Waals surface area contributed by atoms with Gasteiger partial charge in [0.15, 0.2) is 0 Å². The van der Waals surface area contributed by atoms with E-state index in [4.69, 9.17) is 9.84 Å². The number of hydrogen-bond acceptors (Lipinski definition) is 4. The highest BCUT2D eigenvalue weighted by Gasteiger charge is 2.10. The van der Waals surface area contributed by atoms with Gasteiger partial charge in [-0.3, -0.25) is 4.79 Å². The Morgan fingerprint density at radius 2 is 1.91 bits per heavy atom. The van der Waals surface area contributed by atoms with Gasteiger partial charge in [0.1, 0.15) is 12.4 Å². The third-order valence-electron chi connectivity index (χ3n) is 3.36. The highest BCUT2D eigenvalue weighted by Crippen LogP contribution is 2.16.